The number of carboxylic acid groups (broad SMARTS) is 1. The molecule has 0 saturated heterocycles. The normalized spacial score (nSPS) is 11.9. The molecule has 0 aliphatic rings. The van der Waals surface area contributed by atoms with Crippen molar-refractivity contribution in [1.82, 2.24) is 5.32 Å². The number of nitrogens with one attached hydrogen (secondary N) is 1. The number of carbonyl (C=O) groups is 2. The third-order valence-corrected chi connectivity index (χ3v) is 4.06. The number of aliphatic carboxylic acids is 1. The van der Waals surface area contributed by atoms with E-state index < -0.39 is 18.2 Å². The summed E-state index contributed by atoms with van der Waals surface area (Å²) in [6.07, 6.45) is -1.39. The number of halogens is 1. The lowest BCUT2D eigenvalue weighted by molar-refractivity contribution is -0.153. The average molecular weight is 406 g/mol. The number of carboxylic acids is 1. The van der Waals surface area contributed by atoms with E-state index in [9.17, 15) is 14.7 Å². The topological polar surface area (TPSA) is 84.9 Å². The van der Waals surface area contributed by atoms with Crippen LogP contribution in [0, 0.1) is 0 Å². The molecule has 6 nitrogen and oxygen atoms in total. The van der Waals surface area contributed by atoms with E-state index in [1.807, 2.05) is 30.3 Å². The molecule has 2 aromatic carbocycles. The van der Waals surface area contributed by atoms with Gasteiger partial charge < -0.3 is 19.9 Å². The van der Waals surface area contributed by atoms with Crippen LogP contribution in [-0.4, -0.2) is 29.4 Å². The summed E-state index contributed by atoms with van der Waals surface area (Å²) in [5, 5.41) is 12.6. The summed E-state index contributed by atoms with van der Waals surface area (Å²) in [5.41, 5.74) is 2.46. The number of hydrogen-bond acceptors (Lipinski definition) is 4. The Bertz CT molecular complexity index is 809. The van der Waals surface area contributed by atoms with Crippen LogP contribution in [0.4, 0.5) is 4.79 Å². The molecule has 0 fully saturated rings. The van der Waals surface area contributed by atoms with Crippen molar-refractivity contribution in [2.24, 2.45) is 0 Å². The lowest BCUT2D eigenvalue weighted by Crippen LogP contribution is -2.29. The van der Waals surface area contributed by atoms with Crippen molar-refractivity contribution < 1.29 is 24.2 Å². The van der Waals surface area contributed by atoms with Crippen molar-refractivity contribution in [2.75, 3.05) is 0 Å². The van der Waals surface area contributed by atoms with Gasteiger partial charge in [-0.25, -0.2) is 9.59 Å². The Balaban J connectivity index is 1.86. The van der Waals surface area contributed by atoms with Crippen LogP contribution < -0.4 is 5.32 Å². The van der Waals surface area contributed by atoms with Gasteiger partial charge in [-0.2, -0.15) is 0 Å². The summed E-state index contributed by atoms with van der Waals surface area (Å²) in [6.45, 7) is 3.99. The van der Waals surface area contributed by atoms with Gasteiger partial charge in [0, 0.05) is 18.0 Å². The Morgan fingerprint density at radius 3 is 2.43 bits per heavy atom. The van der Waals surface area contributed by atoms with E-state index in [2.05, 4.69) is 5.32 Å². The number of rotatable bonds is 9. The zero-order chi connectivity index (χ0) is 20.5. The second-order valence-corrected chi connectivity index (χ2v) is 7.03. The van der Waals surface area contributed by atoms with E-state index in [0.29, 0.717) is 5.02 Å². The van der Waals surface area contributed by atoms with Crippen LogP contribution in [0.1, 0.15) is 30.5 Å². The highest BCUT2D eigenvalue weighted by Gasteiger charge is 2.20. The Morgan fingerprint density at radius 2 is 1.75 bits per heavy atom. The fourth-order valence-electron chi connectivity index (χ4n) is 2.60. The summed E-state index contributed by atoms with van der Waals surface area (Å²) < 4.78 is 10.6. The van der Waals surface area contributed by atoms with Gasteiger partial charge in [-0.05, 0) is 42.7 Å². The smallest absolute Gasteiger partial charge is 0.407 e. The second-order valence-electron chi connectivity index (χ2n) is 6.60. The van der Waals surface area contributed by atoms with Gasteiger partial charge in [0.15, 0.2) is 6.10 Å². The van der Waals surface area contributed by atoms with Crippen LogP contribution in [0.5, 0.6) is 0 Å². The third-order valence-electron chi connectivity index (χ3n) is 3.82. The van der Waals surface area contributed by atoms with Crippen molar-refractivity contribution in [2.45, 2.75) is 45.6 Å². The SMILES string of the molecule is CC(C)OC(Cc1cccc(CNC(=O)OCc2cccc(Cl)c2)c1)C(=O)O. The van der Waals surface area contributed by atoms with Crippen molar-refractivity contribution >= 4 is 23.7 Å². The molecule has 1 unspecified atom stereocenters. The molecule has 0 aliphatic carbocycles. The number of amides is 1. The van der Waals surface area contributed by atoms with Crippen molar-refractivity contribution in [3.63, 3.8) is 0 Å². The zero-order valence-electron chi connectivity index (χ0n) is 15.9. The molecule has 2 aromatic rings. The van der Waals surface area contributed by atoms with E-state index in [1.54, 1.807) is 32.0 Å². The molecule has 150 valence electrons. The van der Waals surface area contributed by atoms with Crippen LogP contribution in [0.25, 0.3) is 0 Å². The molecular weight excluding hydrogens is 382 g/mol. The molecule has 28 heavy (non-hydrogen) atoms. The van der Waals surface area contributed by atoms with Gasteiger partial charge in [-0.15, -0.1) is 0 Å². The fourth-order valence-corrected chi connectivity index (χ4v) is 2.82. The molecule has 2 N–H and O–H groups in total. The molecule has 0 aromatic heterocycles. The minimum absolute atomic E-state index is 0.124. The van der Waals surface area contributed by atoms with E-state index in [4.69, 9.17) is 21.1 Å². The second kappa shape index (κ2) is 10.7. The average Bonchev–Trinajstić information content (AvgIpc) is 2.64. The van der Waals surface area contributed by atoms with Crippen molar-refractivity contribution in [3.05, 3.63) is 70.2 Å². The number of benzene rings is 2. The van der Waals surface area contributed by atoms with E-state index in [0.717, 1.165) is 16.7 Å². The first-order valence-corrected chi connectivity index (χ1v) is 9.32. The highest BCUT2D eigenvalue weighted by molar-refractivity contribution is 6.30. The first kappa shape index (κ1) is 21.7. The molecule has 0 heterocycles. The van der Waals surface area contributed by atoms with Gasteiger partial charge in [0.2, 0.25) is 0 Å². The molecule has 1 atom stereocenters. The summed E-state index contributed by atoms with van der Waals surface area (Å²) in [5.74, 6) is -0.998. The molecule has 0 radical (unpaired) electrons. The Labute approximate surface area is 169 Å². The lowest BCUT2D eigenvalue weighted by Gasteiger charge is -2.17. The van der Waals surface area contributed by atoms with Gasteiger partial charge in [0.05, 0.1) is 6.10 Å². The van der Waals surface area contributed by atoms with Crippen LogP contribution in [0.3, 0.4) is 0 Å². The largest absolute Gasteiger partial charge is 0.479 e. The van der Waals surface area contributed by atoms with Crippen LogP contribution >= 0.6 is 11.6 Å². The van der Waals surface area contributed by atoms with Crippen molar-refractivity contribution in [3.8, 4) is 0 Å². The number of carbonyl (C=O) groups excluding carboxylic acids is 1. The summed E-state index contributed by atoms with van der Waals surface area (Å²) in [4.78, 5) is 23.2. The number of hydrogen-bond donors (Lipinski definition) is 2. The number of ether oxygens (including phenoxy) is 2. The molecular formula is C21H24ClNO5. The summed E-state index contributed by atoms with van der Waals surface area (Å²) in [6, 6.07) is 14.4. The third kappa shape index (κ3) is 7.58. The molecule has 7 heteroatoms. The predicted molar refractivity (Wildman–Crippen MR) is 106 cm³/mol. The Morgan fingerprint density at radius 1 is 1.07 bits per heavy atom. The van der Waals surface area contributed by atoms with E-state index in [-0.39, 0.29) is 25.7 Å². The molecule has 2 rings (SSSR count). The Kier molecular flexibility index (Phi) is 8.29. The maximum absolute atomic E-state index is 11.9. The molecule has 1 amide bonds. The van der Waals surface area contributed by atoms with Crippen LogP contribution in [-0.2, 0) is 33.8 Å². The minimum Gasteiger partial charge on any atom is -0.479 e. The molecule has 0 bridgehead atoms. The monoisotopic (exact) mass is 405 g/mol. The first-order valence-electron chi connectivity index (χ1n) is 8.94. The minimum atomic E-state index is -0.998. The first-order chi connectivity index (χ1) is 13.3. The highest BCUT2D eigenvalue weighted by atomic mass is 35.5. The van der Waals surface area contributed by atoms with Gasteiger partial charge in [0.1, 0.15) is 6.61 Å². The fraction of sp³-hybridized carbons (Fsp3) is 0.333. The van der Waals surface area contributed by atoms with Gasteiger partial charge in [-0.1, -0.05) is 48.0 Å². The Hall–Kier alpha value is -2.57. The maximum Gasteiger partial charge on any atom is 0.407 e. The standard InChI is InChI=1S/C21H24ClNO5/c1-14(2)28-19(20(24)25)11-15-5-3-6-16(9-15)12-23-21(26)27-13-17-7-4-8-18(22)10-17/h3-10,14,19H,11-13H2,1-2H3,(H,23,26)(H,24,25). The zero-order valence-corrected chi connectivity index (χ0v) is 16.6. The molecule has 0 saturated carbocycles. The van der Waals surface area contributed by atoms with Gasteiger partial charge in [0.25, 0.3) is 0 Å². The van der Waals surface area contributed by atoms with Crippen LogP contribution in [0.2, 0.25) is 5.02 Å². The van der Waals surface area contributed by atoms with Crippen LogP contribution in [0.15, 0.2) is 48.5 Å². The van der Waals surface area contributed by atoms with Gasteiger partial charge in [-0.3, -0.25) is 0 Å². The van der Waals surface area contributed by atoms with E-state index in [1.165, 1.54) is 0 Å². The van der Waals surface area contributed by atoms with E-state index >= 15 is 0 Å². The van der Waals surface area contributed by atoms with Crippen molar-refractivity contribution in [1.29, 1.82) is 0 Å². The molecule has 0 aliphatic heterocycles. The summed E-state index contributed by atoms with van der Waals surface area (Å²) >= 11 is 5.90. The summed E-state index contributed by atoms with van der Waals surface area (Å²) in [7, 11) is 0. The highest BCUT2D eigenvalue weighted by Crippen LogP contribution is 2.13. The van der Waals surface area contributed by atoms with Gasteiger partial charge >= 0.3 is 12.1 Å². The quantitative estimate of drug-likeness (QED) is 0.653. The maximum atomic E-state index is 11.9. The number of alkyl carbamates (subject to hydrolysis) is 1. The predicted octanol–water partition coefficient (Wildman–Crippen LogP) is 4.19. The lowest BCUT2D eigenvalue weighted by atomic mass is 10.0. The molecule has 0 spiro atoms.